The van der Waals surface area contributed by atoms with Crippen LogP contribution in [0.4, 0.5) is 32.0 Å². The first-order valence-corrected chi connectivity index (χ1v) is 12.9. The van der Waals surface area contributed by atoms with E-state index in [0.717, 1.165) is 27.4 Å². The van der Waals surface area contributed by atoms with Crippen molar-refractivity contribution in [3.63, 3.8) is 0 Å². The van der Waals surface area contributed by atoms with Crippen LogP contribution in [0.3, 0.4) is 0 Å². The highest BCUT2D eigenvalue weighted by molar-refractivity contribution is 6.00. The number of para-hydroxylation sites is 1. The van der Waals surface area contributed by atoms with Crippen molar-refractivity contribution in [1.29, 1.82) is 0 Å². The number of halogens is 6. The summed E-state index contributed by atoms with van der Waals surface area (Å²) in [6, 6.07) is 12.2. The fraction of sp³-hybridized carbons (Fsp3) is 0.226. The van der Waals surface area contributed by atoms with Gasteiger partial charge in [0, 0.05) is 35.8 Å². The molecule has 1 aromatic heterocycles. The summed E-state index contributed by atoms with van der Waals surface area (Å²) in [6.45, 7) is 1.82. The standard InChI is InChI=1S/C31H27F6N3O3/c1-18-8-10-27(43-3)26(12-18)39-28(41)11-9-23(15-20-17-38-25-7-5-4-6-24(20)25)40(2)29(42)19-13-21(30(32,33)34)16-22(14-19)31(35,36)37/h4-14,16-17,23,38H,15H2,1-3H3,(H,39,41). The third-order valence-corrected chi connectivity index (χ3v) is 6.84. The zero-order valence-electron chi connectivity index (χ0n) is 23.2. The van der Waals surface area contributed by atoms with Gasteiger partial charge in [-0.2, -0.15) is 26.3 Å². The van der Waals surface area contributed by atoms with Gasteiger partial charge in [-0.3, -0.25) is 9.59 Å². The van der Waals surface area contributed by atoms with Gasteiger partial charge in [-0.1, -0.05) is 30.3 Å². The van der Waals surface area contributed by atoms with Gasteiger partial charge in [-0.15, -0.1) is 0 Å². The number of benzene rings is 3. The molecule has 226 valence electrons. The van der Waals surface area contributed by atoms with E-state index in [1.54, 1.807) is 30.5 Å². The zero-order valence-corrected chi connectivity index (χ0v) is 23.2. The maximum absolute atomic E-state index is 13.5. The van der Waals surface area contributed by atoms with Crippen molar-refractivity contribution in [3.8, 4) is 5.75 Å². The van der Waals surface area contributed by atoms with Crippen molar-refractivity contribution in [3.05, 3.63) is 107 Å². The number of anilines is 1. The SMILES string of the molecule is COc1ccc(C)cc1NC(=O)C=CC(Cc1c[nH]c2ccccc12)N(C)C(=O)c1cc(C(F)(F)F)cc(C(F)(F)F)c1. The number of fused-ring (bicyclic) bond motifs is 1. The fourth-order valence-corrected chi connectivity index (χ4v) is 4.58. The first-order chi connectivity index (χ1) is 20.2. The van der Waals surface area contributed by atoms with Crippen LogP contribution in [-0.2, 0) is 23.6 Å². The van der Waals surface area contributed by atoms with Crippen LogP contribution < -0.4 is 10.1 Å². The van der Waals surface area contributed by atoms with Gasteiger partial charge >= 0.3 is 12.4 Å². The van der Waals surface area contributed by atoms with E-state index in [1.165, 1.54) is 20.2 Å². The molecule has 2 N–H and O–H groups in total. The summed E-state index contributed by atoms with van der Waals surface area (Å²) >= 11 is 0. The van der Waals surface area contributed by atoms with Crippen molar-refractivity contribution in [2.75, 3.05) is 19.5 Å². The zero-order chi connectivity index (χ0) is 31.5. The molecule has 0 aliphatic rings. The molecule has 3 aromatic carbocycles. The lowest BCUT2D eigenvalue weighted by Crippen LogP contribution is -2.37. The van der Waals surface area contributed by atoms with E-state index in [9.17, 15) is 35.9 Å². The second kappa shape index (κ2) is 12.2. The van der Waals surface area contributed by atoms with Crippen LogP contribution in [-0.4, -0.2) is 41.9 Å². The Bertz CT molecular complexity index is 1640. The van der Waals surface area contributed by atoms with E-state index < -0.39 is 46.9 Å². The highest BCUT2D eigenvalue weighted by Gasteiger charge is 2.38. The molecule has 0 saturated carbocycles. The van der Waals surface area contributed by atoms with Crippen LogP contribution in [0.2, 0.25) is 0 Å². The number of aromatic amines is 1. The molecule has 0 fully saturated rings. The number of aryl methyl sites for hydroxylation is 1. The quantitative estimate of drug-likeness (QED) is 0.163. The number of likely N-dealkylation sites (N-methyl/N-ethyl adjacent to an activating group) is 1. The number of nitrogens with zero attached hydrogens (tertiary/aromatic N) is 1. The van der Waals surface area contributed by atoms with Crippen LogP contribution in [0.1, 0.15) is 32.6 Å². The Morgan fingerprint density at radius 3 is 2.26 bits per heavy atom. The Morgan fingerprint density at radius 1 is 0.977 bits per heavy atom. The monoisotopic (exact) mass is 603 g/mol. The highest BCUT2D eigenvalue weighted by Crippen LogP contribution is 2.37. The number of carbonyl (C=O) groups excluding carboxylic acids is 2. The summed E-state index contributed by atoms with van der Waals surface area (Å²) in [7, 11) is 2.69. The van der Waals surface area contributed by atoms with E-state index in [4.69, 9.17) is 4.74 Å². The third kappa shape index (κ3) is 7.37. The number of hydrogen-bond acceptors (Lipinski definition) is 3. The molecule has 1 heterocycles. The first-order valence-electron chi connectivity index (χ1n) is 12.9. The van der Waals surface area contributed by atoms with Crippen LogP contribution in [0.15, 0.2) is 79.0 Å². The number of aromatic nitrogens is 1. The highest BCUT2D eigenvalue weighted by atomic mass is 19.4. The molecule has 2 amide bonds. The van der Waals surface area contributed by atoms with Gasteiger partial charge in [0.05, 0.1) is 30.0 Å². The average molecular weight is 604 g/mol. The summed E-state index contributed by atoms with van der Waals surface area (Å²) in [5.41, 5.74) is -1.27. The first kappa shape index (κ1) is 31.2. The summed E-state index contributed by atoms with van der Waals surface area (Å²) in [4.78, 5) is 30.4. The Kier molecular flexibility index (Phi) is 8.88. The minimum atomic E-state index is -5.12. The second-order valence-corrected chi connectivity index (χ2v) is 9.89. The van der Waals surface area contributed by atoms with Crippen molar-refractivity contribution in [2.45, 2.75) is 31.7 Å². The maximum atomic E-state index is 13.5. The number of nitrogens with one attached hydrogen (secondary N) is 2. The predicted octanol–water partition coefficient (Wildman–Crippen LogP) is 7.40. The van der Waals surface area contributed by atoms with E-state index in [1.807, 2.05) is 25.1 Å². The molecule has 43 heavy (non-hydrogen) atoms. The molecule has 4 aromatic rings. The Hall–Kier alpha value is -4.74. The smallest absolute Gasteiger partial charge is 0.416 e. The maximum Gasteiger partial charge on any atom is 0.416 e. The molecule has 0 aliphatic carbocycles. The molecule has 12 heteroatoms. The molecule has 0 aliphatic heterocycles. The van der Waals surface area contributed by atoms with E-state index >= 15 is 0 Å². The van der Waals surface area contributed by atoms with Crippen molar-refractivity contribution in [1.82, 2.24) is 9.88 Å². The van der Waals surface area contributed by atoms with Crippen molar-refractivity contribution < 1.29 is 40.7 Å². The molecular weight excluding hydrogens is 576 g/mol. The van der Waals surface area contributed by atoms with Gasteiger partial charge in [0.2, 0.25) is 5.91 Å². The lowest BCUT2D eigenvalue weighted by atomic mass is 10.0. The largest absolute Gasteiger partial charge is 0.495 e. The van der Waals surface area contributed by atoms with Gasteiger partial charge in [-0.25, -0.2) is 0 Å². The lowest BCUT2D eigenvalue weighted by Gasteiger charge is -2.27. The van der Waals surface area contributed by atoms with Crippen LogP contribution in [0, 0.1) is 6.92 Å². The van der Waals surface area contributed by atoms with Crippen LogP contribution in [0.25, 0.3) is 10.9 Å². The molecule has 4 rings (SSSR count). The summed E-state index contributed by atoms with van der Waals surface area (Å²) in [5.74, 6) is -1.28. The summed E-state index contributed by atoms with van der Waals surface area (Å²) < 4.78 is 86.1. The molecule has 0 spiro atoms. The second-order valence-electron chi connectivity index (χ2n) is 9.89. The van der Waals surface area contributed by atoms with Crippen molar-refractivity contribution >= 4 is 28.4 Å². The number of H-pyrrole nitrogens is 1. The van der Waals surface area contributed by atoms with E-state index in [-0.39, 0.29) is 12.5 Å². The van der Waals surface area contributed by atoms with Crippen LogP contribution in [0.5, 0.6) is 5.75 Å². The molecule has 1 atom stereocenters. The number of rotatable bonds is 8. The van der Waals surface area contributed by atoms with Gasteiger partial charge in [0.25, 0.3) is 5.91 Å². The average Bonchev–Trinajstić information content (AvgIpc) is 3.36. The van der Waals surface area contributed by atoms with Gasteiger partial charge in [-0.05, 0) is 60.9 Å². The van der Waals surface area contributed by atoms with Gasteiger partial charge < -0.3 is 19.9 Å². The van der Waals surface area contributed by atoms with E-state index in [2.05, 4.69) is 10.3 Å². The number of alkyl halides is 6. The van der Waals surface area contributed by atoms with E-state index in [0.29, 0.717) is 29.1 Å². The number of carbonyl (C=O) groups is 2. The predicted molar refractivity (Wildman–Crippen MR) is 150 cm³/mol. The van der Waals surface area contributed by atoms with Crippen LogP contribution >= 0.6 is 0 Å². The van der Waals surface area contributed by atoms with Crippen molar-refractivity contribution in [2.24, 2.45) is 0 Å². The normalized spacial score (nSPS) is 12.9. The molecule has 1 unspecified atom stereocenters. The third-order valence-electron chi connectivity index (χ3n) is 6.84. The number of ether oxygens (including phenoxy) is 1. The topological polar surface area (TPSA) is 74.4 Å². The van der Waals surface area contributed by atoms with Gasteiger partial charge in [0.1, 0.15) is 5.75 Å². The Labute approximate surface area is 243 Å². The fourth-order valence-electron chi connectivity index (χ4n) is 4.58. The Balaban J connectivity index is 1.70. The molecular formula is C31H27F6N3O3. The molecule has 6 nitrogen and oxygen atoms in total. The summed E-state index contributed by atoms with van der Waals surface area (Å²) in [6.07, 6.45) is -5.93. The minimum Gasteiger partial charge on any atom is -0.495 e. The minimum absolute atomic E-state index is 0.0377. The number of methoxy groups -OCH3 is 1. The Morgan fingerprint density at radius 2 is 1.63 bits per heavy atom. The summed E-state index contributed by atoms with van der Waals surface area (Å²) in [5, 5.41) is 3.48. The van der Waals surface area contributed by atoms with Gasteiger partial charge in [0.15, 0.2) is 0 Å². The lowest BCUT2D eigenvalue weighted by molar-refractivity contribution is -0.143. The molecule has 0 saturated heterocycles. The number of amides is 2. The number of hydrogen-bond donors (Lipinski definition) is 2. The molecule has 0 radical (unpaired) electrons. The molecule has 0 bridgehead atoms.